The van der Waals surface area contributed by atoms with E-state index in [-0.39, 0.29) is 12.2 Å². The van der Waals surface area contributed by atoms with Gasteiger partial charge in [0.1, 0.15) is 0 Å². The van der Waals surface area contributed by atoms with Gasteiger partial charge in [0.05, 0.1) is 6.61 Å². The van der Waals surface area contributed by atoms with Crippen molar-refractivity contribution in [2.75, 3.05) is 20.3 Å². The van der Waals surface area contributed by atoms with Gasteiger partial charge in [-0.25, -0.2) is 4.99 Å². The maximum atomic E-state index is 5.15. The van der Waals surface area contributed by atoms with Crippen LogP contribution in [0.2, 0.25) is 0 Å². The average molecular weight is 161 g/mol. The van der Waals surface area contributed by atoms with Crippen molar-refractivity contribution in [1.82, 2.24) is 0 Å². The zero-order valence-electron chi connectivity index (χ0n) is 6.91. The monoisotopic (exact) mass is 161 g/mol. The fraction of sp³-hybridized carbons (Fsp3) is 0.833. The number of guanidine groups is 1. The van der Waals surface area contributed by atoms with Crippen LogP contribution in [0.5, 0.6) is 0 Å². The van der Waals surface area contributed by atoms with E-state index < -0.39 is 0 Å². The lowest BCUT2D eigenvalue weighted by molar-refractivity contribution is 0.00971. The molecule has 1 atom stereocenters. The van der Waals surface area contributed by atoms with E-state index in [0.29, 0.717) is 13.2 Å². The maximum absolute atomic E-state index is 5.15. The molecule has 0 radical (unpaired) electrons. The molecule has 66 valence electrons. The second-order valence-corrected chi connectivity index (χ2v) is 1.92. The lowest BCUT2D eigenvalue weighted by Gasteiger charge is -2.10. The number of hydrogen-bond donors (Lipinski definition) is 2. The van der Waals surface area contributed by atoms with Crippen molar-refractivity contribution in [3.63, 3.8) is 0 Å². The molecule has 0 bridgehead atoms. The first kappa shape index (κ1) is 10.2. The van der Waals surface area contributed by atoms with Crippen LogP contribution in [-0.2, 0) is 9.47 Å². The van der Waals surface area contributed by atoms with Crippen molar-refractivity contribution < 1.29 is 9.47 Å². The van der Waals surface area contributed by atoms with Gasteiger partial charge in [-0.2, -0.15) is 0 Å². The number of hydrogen-bond acceptors (Lipinski definition) is 3. The van der Waals surface area contributed by atoms with E-state index in [1.807, 2.05) is 6.92 Å². The van der Waals surface area contributed by atoms with Gasteiger partial charge >= 0.3 is 0 Å². The zero-order valence-corrected chi connectivity index (χ0v) is 6.91. The van der Waals surface area contributed by atoms with E-state index in [1.165, 1.54) is 0 Å². The summed E-state index contributed by atoms with van der Waals surface area (Å²) in [6.07, 6.45) is -0.380. The van der Waals surface area contributed by atoms with Crippen LogP contribution in [0.3, 0.4) is 0 Å². The largest absolute Gasteiger partial charge is 0.380 e. The van der Waals surface area contributed by atoms with Crippen LogP contribution >= 0.6 is 0 Å². The third kappa shape index (κ3) is 5.63. The highest BCUT2D eigenvalue weighted by molar-refractivity contribution is 5.75. The Bertz CT molecular complexity index is 117. The molecule has 0 heterocycles. The minimum atomic E-state index is -0.380. The highest BCUT2D eigenvalue weighted by atomic mass is 16.5. The highest BCUT2D eigenvalue weighted by Gasteiger charge is 2.04. The summed E-state index contributed by atoms with van der Waals surface area (Å²) in [7, 11) is 1.56. The Balaban J connectivity index is 3.78. The molecular formula is C6H15N3O2. The molecule has 0 spiro atoms. The molecule has 0 aromatic heterocycles. The second-order valence-electron chi connectivity index (χ2n) is 1.92. The smallest absolute Gasteiger partial charge is 0.188 e. The summed E-state index contributed by atoms with van der Waals surface area (Å²) >= 11 is 0. The van der Waals surface area contributed by atoms with Gasteiger partial charge in [-0.1, -0.05) is 0 Å². The van der Waals surface area contributed by atoms with Gasteiger partial charge in [0.25, 0.3) is 0 Å². The van der Waals surface area contributed by atoms with Gasteiger partial charge in [-0.15, -0.1) is 0 Å². The third-order valence-corrected chi connectivity index (χ3v) is 0.961. The number of nitrogens with zero attached hydrogens (tertiary/aromatic N) is 1. The van der Waals surface area contributed by atoms with Crippen molar-refractivity contribution in [2.45, 2.75) is 13.2 Å². The quantitative estimate of drug-likeness (QED) is 0.411. The molecule has 5 nitrogen and oxygen atoms in total. The fourth-order valence-electron chi connectivity index (χ4n) is 0.624. The first-order valence-electron chi connectivity index (χ1n) is 3.40. The summed E-state index contributed by atoms with van der Waals surface area (Å²) < 4.78 is 9.93. The van der Waals surface area contributed by atoms with E-state index >= 15 is 0 Å². The normalized spacial score (nSPS) is 12.5. The number of aliphatic imine (C=N–C) groups is 1. The van der Waals surface area contributed by atoms with Gasteiger partial charge in [-0.3, -0.25) is 0 Å². The number of rotatable bonds is 5. The van der Waals surface area contributed by atoms with E-state index in [9.17, 15) is 0 Å². The van der Waals surface area contributed by atoms with Gasteiger partial charge in [0.15, 0.2) is 12.2 Å². The highest BCUT2D eigenvalue weighted by Crippen LogP contribution is 1.93. The Hall–Kier alpha value is -0.810. The van der Waals surface area contributed by atoms with Crippen LogP contribution < -0.4 is 11.5 Å². The van der Waals surface area contributed by atoms with Gasteiger partial charge in [0.2, 0.25) is 0 Å². The first-order valence-corrected chi connectivity index (χ1v) is 3.40. The predicted molar refractivity (Wildman–Crippen MR) is 43.1 cm³/mol. The molecule has 0 rings (SSSR count). The summed E-state index contributed by atoms with van der Waals surface area (Å²) in [6, 6.07) is 0. The van der Waals surface area contributed by atoms with Crippen LogP contribution in [-0.4, -0.2) is 32.5 Å². The van der Waals surface area contributed by atoms with Gasteiger partial charge in [0, 0.05) is 13.7 Å². The molecular weight excluding hydrogens is 146 g/mol. The van der Waals surface area contributed by atoms with E-state index in [2.05, 4.69) is 4.99 Å². The standard InChI is InChI=1S/C6H15N3O2/c1-3-11-5(4-10-2)9-6(7)8/h5H,3-4H2,1-2H3,(H4,7,8,9). The minimum absolute atomic E-state index is 0.0144. The van der Waals surface area contributed by atoms with Crippen molar-refractivity contribution in [3.05, 3.63) is 0 Å². The van der Waals surface area contributed by atoms with E-state index in [4.69, 9.17) is 20.9 Å². The Morgan fingerprint density at radius 3 is 2.55 bits per heavy atom. The lowest BCUT2D eigenvalue weighted by atomic mass is 10.6. The van der Waals surface area contributed by atoms with Crippen LogP contribution in [0, 0.1) is 0 Å². The molecule has 11 heavy (non-hydrogen) atoms. The molecule has 0 aromatic carbocycles. The lowest BCUT2D eigenvalue weighted by Crippen LogP contribution is -2.28. The summed E-state index contributed by atoms with van der Waals surface area (Å²) in [6.45, 7) is 2.79. The van der Waals surface area contributed by atoms with Crippen LogP contribution in [0.1, 0.15) is 6.92 Å². The van der Waals surface area contributed by atoms with Crippen LogP contribution in [0.25, 0.3) is 0 Å². The molecule has 4 N–H and O–H groups in total. The molecule has 0 saturated carbocycles. The molecule has 0 saturated heterocycles. The Morgan fingerprint density at radius 2 is 2.18 bits per heavy atom. The number of ether oxygens (including phenoxy) is 2. The molecule has 0 aromatic rings. The van der Waals surface area contributed by atoms with Crippen molar-refractivity contribution >= 4 is 5.96 Å². The van der Waals surface area contributed by atoms with Crippen LogP contribution in [0.15, 0.2) is 4.99 Å². The Labute approximate surface area is 66.4 Å². The molecule has 0 aliphatic rings. The maximum Gasteiger partial charge on any atom is 0.188 e. The van der Waals surface area contributed by atoms with Crippen molar-refractivity contribution in [2.24, 2.45) is 16.5 Å². The summed E-state index contributed by atoms with van der Waals surface area (Å²) in [5.41, 5.74) is 10.3. The van der Waals surface area contributed by atoms with E-state index in [1.54, 1.807) is 7.11 Å². The average Bonchev–Trinajstić information content (AvgIpc) is 1.87. The summed E-state index contributed by atoms with van der Waals surface area (Å²) in [4.78, 5) is 3.78. The second kappa shape index (κ2) is 5.94. The third-order valence-electron chi connectivity index (χ3n) is 0.961. The summed E-state index contributed by atoms with van der Waals surface area (Å²) in [5, 5.41) is 0. The number of nitrogens with two attached hydrogens (primary N) is 2. The predicted octanol–water partition coefficient (Wildman–Crippen LogP) is -0.731. The molecule has 0 aliphatic heterocycles. The van der Waals surface area contributed by atoms with Crippen LogP contribution in [0.4, 0.5) is 0 Å². The van der Waals surface area contributed by atoms with Crippen molar-refractivity contribution in [3.8, 4) is 0 Å². The molecule has 0 aliphatic carbocycles. The Morgan fingerprint density at radius 1 is 1.55 bits per heavy atom. The SMILES string of the molecule is CCOC(COC)N=C(N)N. The number of methoxy groups -OCH3 is 1. The summed E-state index contributed by atoms with van der Waals surface area (Å²) in [5.74, 6) is 0.0144. The fourth-order valence-corrected chi connectivity index (χ4v) is 0.624. The minimum Gasteiger partial charge on any atom is -0.380 e. The Kier molecular flexibility index (Phi) is 5.50. The zero-order chi connectivity index (χ0) is 8.69. The molecule has 0 fully saturated rings. The van der Waals surface area contributed by atoms with E-state index in [0.717, 1.165) is 0 Å². The first-order chi connectivity index (χ1) is 5.20. The molecule has 1 unspecified atom stereocenters. The van der Waals surface area contributed by atoms with Gasteiger partial charge in [-0.05, 0) is 6.92 Å². The molecule has 0 amide bonds. The van der Waals surface area contributed by atoms with Crippen molar-refractivity contribution in [1.29, 1.82) is 0 Å². The molecule has 5 heteroatoms. The van der Waals surface area contributed by atoms with Gasteiger partial charge < -0.3 is 20.9 Å². The topological polar surface area (TPSA) is 82.9 Å².